The number of carbonyl (C=O) groups excluding carboxylic acids is 1. The van der Waals surface area contributed by atoms with E-state index in [4.69, 9.17) is 10.5 Å². The van der Waals surface area contributed by atoms with Gasteiger partial charge in [-0.2, -0.15) is 0 Å². The second-order valence-corrected chi connectivity index (χ2v) is 4.38. The van der Waals surface area contributed by atoms with Crippen LogP contribution in [-0.4, -0.2) is 30.4 Å². The molecule has 0 fully saturated rings. The molecule has 1 atom stereocenters. The van der Waals surface area contributed by atoms with Gasteiger partial charge in [-0.1, -0.05) is 25.8 Å². The highest BCUT2D eigenvalue weighted by Crippen LogP contribution is 2.05. The number of ether oxygens (including phenoxy) is 1. The van der Waals surface area contributed by atoms with Crippen molar-refractivity contribution in [1.82, 2.24) is 4.72 Å². The molecule has 0 unspecified atom stereocenters. The van der Waals surface area contributed by atoms with Crippen molar-refractivity contribution in [2.75, 3.05) is 13.2 Å². The van der Waals surface area contributed by atoms with Crippen LogP contribution in [0.5, 0.6) is 0 Å². The topological polar surface area (TPSA) is 64.3 Å². The van der Waals surface area contributed by atoms with Gasteiger partial charge in [-0.25, -0.2) is 0 Å². The summed E-state index contributed by atoms with van der Waals surface area (Å²) in [5, 5.41) is 0.449. The van der Waals surface area contributed by atoms with Gasteiger partial charge in [0.1, 0.15) is 12.6 Å². The minimum Gasteiger partial charge on any atom is -0.463 e. The van der Waals surface area contributed by atoms with Crippen molar-refractivity contribution < 1.29 is 9.53 Å². The van der Waals surface area contributed by atoms with Crippen molar-refractivity contribution in [2.24, 2.45) is 5.73 Å². The average molecular weight is 206 g/mol. The highest BCUT2D eigenvalue weighted by atomic mass is 32.2. The summed E-state index contributed by atoms with van der Waals surface area (Å²) in [5.74, 6) is -0.251. The standard InChI is InChI=1S/C8H18N2O2S/c1-6(2)13-10-7(3)8(11)12-5-4-9/h6-7,10H,4-5,9H2,1-3H3/t7-/m0/s1. The highest BCUT2D eigenvalue weighted by Gasteiger charge is 2.13. The third-order valence-electron chi connectivity index (χ3n) is 1.20. The molecule has 5 heteroatoms. The molecule has 0 aliphatic carbocycles. The lowest BCUT2D eigenvalue weighted by molar-refractivity contribution is -0.144. The summed E-state index contributed by atoms with van der Waals surface area (Å²) in [6, 6.07) is -0.279. The Balaban J connectivity index is 3.57. The first-order chi connectivity index (χ1) is 6.07. The fourth-order valence-electron chi connectivity index (χ4n) is 0.571. The van der Waals surface area contributed by atoms with Gasteiger partial charge in [0.2, 0.25) is 0 Å². The van der Waals surface area contributed by atoms with E-state index in [0.29, 0.717) is 11.8 Å². The Hall–Kier alpha value is -0.260. The molecule has 0 aromatic carbocycles. The second-order valence-electron chi connectivity index (χ2n) is 2.96. The largest absolute Gasteiger partial charge is 0.463 e. The third kappa shape index (κ3) is 6.86. The number of hydrogen-bond acceptors (Lipinski definition) is 5. The molecule has 0 aliphatic heterocycles. The molecule has 0 aliphatic rings. The first kappa shape index (κ1) is 12.7. The maximum atomic E-state index is 11.2. The van der Waals surface area contributed by atoms with Crippen LogP contribution in [0.25, 0.3) is 0 Å². The van der Waals surface area contributed by atoms with Gasteiger partial charge in [0, 0.05) is 11.8 Å². The van der Waals surface area contributed by atoms with Gasteiger partial charge in [-0.05, 0) is 6.92 Å². The van der Waals surface area contributed by atoms with E-state index in [9.17, 15) is 4.79 Å². The SMILES string of the molecule is CC(C)SN[C@@H](C)C(=O)OCCN. The van der Waals surface area contributed by atoms with E-state index < -0.39 is 0 Å². The molecule has 0 bridgehead atoms. The fourth-order valence-corrected chi connectivity index (χ4v) is 1.14. The Labute approximate surface area is 83.7 Å². The fraction of sp³-hybridized carbons (Fsp3) is 0.875. The molecule has 0 aromatic heterocycles. The van der Waals surface area contributed by atoms with Gasteiger partial charge in [0.15, 0.2) is 0 Å². The monoisotopic (exact) mass is 206 g/mol. The predicted octanol–water partition coefficient (Wildman–Crippen LogP) is 0.523. The van der Waals surface area contributed by atoms with Crippen molar-refractivity contribution in [2.45, 2.75) is 32.1 Å². The molecule has 0 amide bonds. The lowest BCUT2D eigenvalue weighted by atomic mass is 10.4. The van der Waals surface area contributed by atoms with Crippen LogP contribution >= 0.6 is 11.9 Å². The molecule has 0 saturated carbocycles. The second kappa shape index (κ2) is 7.17. The maximum Gasteiger partial charge on any atom is 0.323 e. The van der Waals surface area contributed by atoms with Crippen LogP contribution in [0.2, 0.25) is 0 Å². The van der Waals surface area contributed by atoms with E-state index in [-0.39, 0.29) is 18.6 Å². The Morgan fingerprint density at radius 3 is 2.62 bits per heavy atom. The number of carbonyl (C=O) groups is 1. The molecular weight excluding hydrogens is 188 g/mol. The summed E-state index contributed by atoms with van der Waals surface area (Å²) >= 11 is 1.52. The van der Waals surface area contributed by atoms with Crippen molar-refractivity contribution in [3.8, 4) is 0 Å². The molecule has 0 saturated heterocycles. The van der Waals surface area contributed by atoms with Crippen molar-refractivity contribution in [1.29, 1.82) is 0 Å². The Morgan fingerprint density at radius 1 is 1.54 bits per heavy atom. The lowest BCUT2D eigenvalue weighted by Crippen LogP contribution is -2.32. The zero-order valence-electron chi connectivity index (χ0n) is 8.37. The normalized spacial score (nSPS) is 13.0. The summed E-state index contributed by atoms with van der Waals surface area (Å²) in [6.45, 7) is 6.53. The quantitative estimate of drug-likeness (QED) is 0.490. The lowest BCUT2D eigenvalue weighted by Gasteiger charge is -2.13. The van der Waals surface area contributed by atoms with Gasteiger partial charge in [-0.3, -0.25) is 9.52 Å². The molecule has 0 rings (SSSR count). The summed E-state index contributed by atoms with van der Waals surface area (Å²) in [6.07, 6.45) is 0. The molecular formula is C8H18N2O2S. The summed E-state index contributed by atoms with van der Waals surface area (Å²) in [7, 11) is 0. The molecule has 0 radical (unpaired) electrons. The highest BCUT2D eigenvalue weighted by molar-refractivity contribution is 7.98. The van der Waals surface area contributed by atoms with Gasteiger partial charge in [0.05, 0.1) is 0 Å². The minimum atomic E-state index is -0.279. The predicted molar refractivity (Wildman–Crippen MR) is 55.3 cm³/mol. The number of esters is 1. The summed E-state index contributed by atoms with van der Waals surface area (Å²) < 4.78 is 7.84. The minimum absolute atomic E-state index is 0.251. The van der Waals surface area contributed by atoms with E-state index in [0.717, 1.165) is 0 Å². The molecule has 0 heterocycles. The summed E-state index contributed by atoms with van der Waals surface area (Å²) in [5.41, 5.74) is 5.20. The van der Waals surface area contributed by atoms with Gasteiger partial charge in [-0.15, -0.1) is 0 Å². The van der Waals surface area contributed by atoms with E-state index >= 15 is 0 Å². The van der Waals surface area contributed by atoms with E-state index in [1.807, 2.05) is 0 Å². The Bertz CT molecular complexity index is 153. The van der Waals surface area contributed by atoms with Crippen molar-refractivity contribution in [3.63, 3.8) is 0 Å². The molecule has 78 valence electrons. The van der Waals surface area contributed by atoms with Crippen LogP contribution in [0.15, 0.2) is 0 Å². The molecule has 13 heavy (non-hydrogen) atoms. The van der Waals surface area contributed by atoms with E-state index in [1.165, 1.54) is 11.9 Å². The first-order valence-corrected chi connectivity index (χ1v) is 5.23. The first-order valence-electron chi connectivity index (χ1n) is 4.35. The van der Waals surface area contributed by atoms with Crippen molar-refractivity contribution >= 4 is 17.9 Å². The van der Waals surface area contributed by atoms with Crippen LogP contribution in [0.3, 0.4) is 0 Å². The van der Waals surface area contributed by atoms with Crippen LogP contribution in [0, 0.1) is 0 Å². The van der Waals surface area contributed by atoms with Gasteiger partial charge in [0.25, 0.3) is 0 Å². The smallest absolute Gasteiger partial charge is 0.323 e. The number of hydrogen-bond donors (Lipinski definition) is 2. The number of rotatable bonds is 6. The van der Waals surface area contributed by atoms with Crippen LogP contribution in [0.4, 0.5) is 0 Å². The molecule has 4 nitrogen and oxygen atoms in total. The Kier molecular flexibility index (Phi) is 7.03. The van der Waals surface area contributed by atoms with Gasteiger partial charge < -0.3 is 10.5 Å². The third-order valence-corrected chi connectivity index (χ3v) is 2.16. The van der Waals surface area contributed by atoms with Gasteiger partial charge >= 0.3 is 5.97 Å². The Morgan fingerprint density at radius 2 is 2.15 bits per heavy atom. The molecule has 0 spiro atoms. The number of nitrogens with two attached hydrogens (primary N) is 1. The van der Waals surface area contributed by atoms with Crippen LogP contribution < -0.4 is 10.5 Å². The summed E-state index contributed by atoms with van der Waals surface area (Å²) in [4.78, 5) is 11.2. The molecule has 3 N–H and O–H groups in total. The zero-order valence-corrected chi connectivity index (χ0v) is 9.19. The van der Waals surface area contributed by atoms with Crippen LogP contribution in [0.1, 0.15) is 20.8 Å². The molecule has 0 aromatic rings. The maximum absolute atomic E-state index is 11.2. The van der Waals surface area contributed by atoms with E-state index in [2.05, 4.69) is 18.6 Å². The van der Waals surface area contributed by atoms with Crippen LogP contribution in [-0.2, 0) is 9.53 Å². The zero-order chi connectivity index (χ0) is 10.3. The van der Waals surface area contributed by atoms with Crippen molar-refractivity contribution in [3.05, 3.63) is 0 Å². The average Bonchev–Trinajstić information content (AvgIpc) is 2.10. The van der Waals surface area contributed by atoms with E-state index in [1.54, 1.807) is 6.92 Å². The number of nitrogens with one attached hydrogen (secondary N) is 1.